The fourth-order valence-corrected chi connectivity index (χ4v) is 6.20. The smallest absolute Gasteiger partial charge is 0.175 e. The molecule has 0 amide bonds. The lowest BCUT2D eigenvalue weighted by Crippen LogP contribution is -2.37. The first kappa shape index (κ1) is 24.8. The molecule has 0 bridgehead atoms. The highest BCUT2D eigenvalue weighted by molar-refractivity contribution is 9.10. The Kier molecular flexibility index (Phi) is 7.02. The number of nitrogens with zero attached hydrogens (tertiary/aromatic N) is 1. The van der Waals surface area contributed by atoms with Crippen molar-refractivity contribution in [2.45, 2.75) is 58.0 Å². The molecule has 0 saturated heterocycles. The summed E-state index contributed by atoms with van der Waals surface area (Å²) in [6.45, 7) is 2.48. The van der Waals surface area contributed by atoms with Crippen LogP contribution in [0.5, 0.6) is 11.5 Å². The third-order valence-corrected chi connectivity index (χ3v) is 7.77. The van der Waals surface area contributed by atoms with E-state index in [1.807, 2.05) is 26.1 Å². The van der Waals surface area contributed by atoms with Gasteiger partial charge in [0.05, 0.1) is 11.1 Å². The van der Waals surface area contributed by atoms with E-state index in [1.54, 1.807) is 12.1 Å². The molecule has 36 heavy (non-hydrogen) atoms. The first-order chi connectivity index (χ1) is 17.4. The molecule has 188 valence electrons. The fourth-order valence-electron chi connectivity index (χ4n) is 5.63. The van der Waals surface area contributed by atoms with Crippen LogP contribution in [-0.4, -0.2) is 30.1 Å². The summed E-state index contributed by atoms with van der Waals surface area (Å²) in [4.78, 5) is 28.6. The molecule has 0 N–H and O–H groups in total. The minimum Gasteiger partial charge on any atom is -0.490 e. The van der Waals surface area contributed by atoms with Crippen LogP contribution in [0.1, 0.15) is 62.5 Å². The summed E-state index contributed by atoms with van der Waals surface area (Å²) in [5.74, 6) is 0.510. The van der Waals surface area contributed by atoms with Crippen LogP contribution in [0, 0.1) is 5.82 Å². The Morgan fingerprint density at radius 3 is 2.25 bits per heavy atom. The molecule has 0 fully saturated rings. The van der Waals surface area contributed by atoms with E-state index < -0.39 is 5.92 Å². The summed E-state index contributed by atoms with van der Waals surface area (Å²) in [6.07, 6.45) is 4.29. The van der Waals surface area contributed by atoms with Crippen molar-refractivity contribution in [1.82, 2.24) is 4.90 Å². The van der Waals surface area contributed by atoms with Crippen LogP contribution in [0.15, 0.2) is 63.4 Å². The summed E-state index contributed by atoms with van der Waals surface area (Å²) in [7, 11) is 1.99. The van der Waals surface area contributed by atoms with E-state index in [-0.39, 0.29) is 24.0 Å². The number of hydrogen-bond acceptors (Lipinski definition) is 5. The molecule has 0 saturated carbocycles. The van der Waals surface area contributed by atoms with Crippen molar-refractivity contribution < 1.29 is 23.5 Å². The van der Waals surface area contributed by atoms with Gasteiger partial charge in [0.25, 0.3) is 0 Å². The minimum atomic E-state index is -0.417. The van der Waals surface area contributed by atoms with E-state index in [0.717, 1.165) is 53.8 Å². The second-order valence-electron chi connectivity index (χ2n) is 9.45. The second kappa shape index (κ2) is 10.2. The summed E-state index contributed by atoms with van der Waals surface area (Å²) in [6, 6.07) is 10.1. The van der Waals surface area contributed by atoms with Gasteiger partial charge in [0.2, 0.25) is 0 Å². The quantitative estimate of drug-likeness (QED) is 0.403. The van der Waals surface area contributed by atoms with E-state index in [9.17, 15) is 14.0 Å². The molecular weight excluding hydrogens is 525 g/mol. The van der Waals surface area contributed by atoms with Crippen LogP contribution in [0.3, 0.4) is 0 Å². The van der Waals surface area contributed by atoms with Gasteiger partial charge in [-0.2, -0.15) is 0 Å². The van der Waals surface area contributed by atoms with Crippen molar-refractivity contribution in [2.24, 2.45) is 0 Å². The Bertz CT molecular complexity index is 1250. The van der Waals surface area contributed by atoms with Crippen LogP contribution in [-0.2, 0) is 16.2 Å². The van der Waals surface area contributed by atoms with Gasteiger partial charge in [-0.15, -0.1) is 0 Å². The molecule has 2 aromatic carbocycles. The van der Waals surface area contributed by atoms with Gasteiger partial charge < -0.3 is 14.4 Å². The predicted molar refractivity (Wildman–Crippen MR) is 138 cm³/mol. The lowest BCUT2D eigenvalue weighted by Gasteiger charge is -2.42. The maximum Gasteiger partial charge on any atom is 0.175 e. The molecule has 7 heteroatoms. The number of ether oxygens (including phenoxy) is 2. The Morgan fingerprint density at radius 2 is 1.64 bits per heavy atom. The highest BCUT2D eigenvalue weighted by Gasteiger charge is 2.42. The molecule has 5 rings (SSSR count). The van der Waals surface area contributed by atoms with Crippen molar-refractivity contribution in [1.29, 1.82) is 0 Å². The van der Waals surface area contributed by atoms with Crippen molar-refractivity contribution in [3.63, 3.8) is 0 Å². The summed E-state index contributed by atoms with van der Waals surface area (Å²) in [5.41, 5.74) is 5.08. The van der Waals surface area contributed by atoms with Gasteiger partial charge in [-0.1, -0.05) is 12.1 Å². The number of rotatable bonds is 6. The molecule has 1 aliphatic heterocycles. The zero-order valence-electron chi connectivity index (χ0n) is 20.5. The molecule has 2 aromatic rings. The summed E-state index contributed by atoms with van der Waals surface area (Å²) >= 11 is 3.65. The zero-order valence-corrected chi connectivity index (χ0v) is 22.1. The van der Waals surface area contributed by atoms with Gasteiger partial charge >= 0.3 is 0 Å². The fraction of sp³-hybridized carbons (Fsp3) is 0.379. The standard InChI is InChI=1S/C29H29BrFNO4/c1-3-35-25-15-18(14-20(30)29(25)36-16-17-7-4-8-19(31)13-17)26-27-21(9-5-11-23(27)33)32(2)22-10-6-12-24(34)28(22)26/h4,7-8,13-15,26H,3,5-6,9-12,16H2,1-2H3. The van der Waals surface area contributed by atoms with Crippen LogP contribution in [0.2, 0.25) is 0 Å². The monoisotopic (exact) mass is 553 g/mol. The highest BCUT2D eigenvalue weighted by Crippen LogP contribution is 2.50. The maximum atomic E-state index is 13.6. The first-order valence-corrected chi connectivity index (χ1v) is 13.3. The van der Waals surface area contributed by atoms with E-state index >= 15 is 0 Å². The van der Waals surface area contributed by atoms with E-state index in [1.165, 1.54) is 12.1 Å². The SMILES string of the molecule is CCOc1cc(C2C3=C(CCCC3=O)N(C)C3=C2C(=O)CCC3)cc(Br)c1OCc1cccc(F)c1. The predicted octanol–water partition coefficient (Wildman–Crippen LogP) is 6.61. The Hall–Kier alpha value is -2.93. The number of benzene rings is 2. The van der Waals surface area contributed by atoms with Crippen molar-refractivity contribution in [3.05, 3.63) is 80.4 Å². The summed E-state index contributed by atoms with van der Waals surface area (Å²) in [5, 5.41) is 0. The molecular formula is C29H29BrFNO4. The average molecular weight is 554 g/mol. The topological polar surface area (TPSA) is 55.8 Å². The molecule has 1 heterocycles. The van der Waals surface area contributed by atoms with E-state index in [4.69, 9.17) is 9.47 Å². The summed E-state index contributed by atoms with van der Waals surface area (Å²) < 4.78 is 26.3. The Morgan fingerprint density at radius 1 is 0.972 bits per heavy atom. The molecule has 0 atom stereocenters. The van der Waals surface area contributed by atoms with Gasteiger partial charge in [0.15, 0.2) is 23.1 Å². The van der Waals surface area contributed by atoms with Crippen LogP contribution < -0.4 is 9.47 Å². The van der Waals surface area contributed by atoms with Gasteiger partial charge in [0.1, 0.15) is 12.4 Å². The molecule has 0 aromatic heterocycles. The molecule has 0 spiro atoms. The zero-order chi connectivity index (χ0) is 25.4. The second-order valence-corrected chi connectivity index (χ2v) is 10.3. The van der Waals surface area contributed by atoms with E-state index in [0.29, 0.717) is 41.0 Å². The first-order valence-electron chi connectivity index (χ1n) is 12.5. The van der Waals surface area contributed by atoms with Crippen molar-refractivity contribution in [3.8, 4) is 11.5 Å². The Labute approximate surface area is 219 Å². The van der Waals surface area contributed by atoms with Gasteiger partial charge in [-0.25, -0.2) is 4.39 Å². The molecule has 0 radical (unpaired) electrons. The number of allylic oxidation sites excluding steroid dienone is 4. The highest BCUT2D eigenvalue weighted by atomic mass is 79.9. The lowest BCUT2D eigenvalue weighted by molar-refractivity contribution is -0.117. The molecule has 2 aliphatic carbocycles. The van der Waals surface area contributed by atoms with Crippen molar-refractivity contribution in [2.75, 3.05) is 13.7 Å². The maximum absolute atomic E-state index is 13.6. The third-order valence-electron chi connectivity index (χ3n) is 7.18. The number of carbonyl (C=O) groups is 2. The minimum absolute atomic E-state index is 0.110. The lowest BCUT2D eigenvalue weighted by atomic mass is 9.71. The van der Waals surface area contributed by atoms with E-state index in [2.05, 4.69) is 20.8 Å². The average Bonchev–Trinajstić information content (AvgIpc) is 2.85. The van der Waals surface area contributed by atoms with Crippen molar-refractivity contribution >= 4 is 27.5 Å². The largest absolute Gasteiger partial charge is 0.490 e. The molecule has 5 nitrogen and oxygen atoms in total. The number of Topliss-reactive ketones (excluding diaryl/α,β-unsaturated/α-hetero) is 2. The number of ketones is 2. The number of carbonyl (C=O) groups excluding carboxylic acids is 2. The van der Waals surface area contributed by atoms with Crippen LogP contribution in [0.4, 0.5) is 4.39 Å². The van der Waals surface area contributed by atoms with Gasteiger partial charge in [-0.3, -0.25) is 9.59 Å². The normalized spacial score (nSPS) is 18.4. The van der Waals surface area contributed by atoms with Crippen LogP contribution >= 0.6 is 15.9 Å². The molecule has 0 unspecified atom stereocenters. The number of halogens is 2. The Balaban J connectivity index is 1.60. The third kappa shape index (κ3) is 4.49. The molecule has 3 aliphatic rings. The van der Waals surface area contributed by atoms with Gasteiger partial charge in [0, 0.05) is 48.3 Å². The van der Waals surface area contributed by atoms with Gasteiger partial charge in [-0.05, 0) is 83.9 Å². The number of hydrogen-bond donors (Lipinski definition) is 0. The van der Waals surface area contributed by atoms with Crippen LogP contribution in [0.25, 0.3) is 0 Å².